The number of esters is 1. The van der Waals surface area contributed by atoms with Crippen LogP contribution in [0.2, 0.25) is 0 Å². The standard InChI is InChI=1S/C8H7N3O3/c1-14-8(13)6-4-2-5(12)11-7(4)10-3-9-6/h3H,2H2,1H3,(H,9,10,11,12). The third-order valence-corrected chi connectivity index (χ3v) is 1.92. The van der Waals surface area contributed by atoms with Crippen LogP contribution >= 0.6 is 0 Å². The normalized spacial score (nSPS) is 13.4. The molecule has 2 heterocycles. The molecule has 2 rings (SSSR count). The van der Waals surface area contributed by atoms with Gasteiger partial charge in [-0.3, -0.25) is 4.79 Å². The zero-order chi connectivity index (χ0) is 10.1. The zero-order valence-corrected chi connectivity index (χ0v) is 7.40. The number of carbonyl (C=O) groups excluding carboxylic acids is 2. The van der Waals surface area contributed by atoms with E-state index in [0.717, 1.165) is 0 Å². The van der Waals surface area contributed by atoms with Crippen molar-refractivity contribution in [2.45, 2.75) is 6.42 Å². The molecule has 0 unspecified atom stereocenters. The van der Waals surface area contributed by atoms with Gasteiger partial charge in [0.15, 0.2) is 5.69 Å². The van der Waals surface area contributed by atoms with Crippen LogP contribution < -0.4 is 5.32 Å². The van der Waals surface area contributed by atoms with E-state index in [4.69, 9.17) is 0 Å². The Balaban J connectivity index is 2.49. The van der Waals surface area contributed by atoms with E-state index < -0.39 is 5.97 Å². The van der Waals surface area contributed by atoms with E-state index in [1.54, 1.807) is 0 Å². The quantitative estimate of drug-likeness (QED) is 0.622. The molecule has 0 saturated carbocycles. The molecule has 1 amide bonds. The first kappa shape index (κ1) is 8.61. The summed E-state index contributed by atoms with van der Waals surface area (Å²) in [5.74, 6) is -0.351. The van der Waals surface area contributed by atoms with Gasteiger partial charge in [0.1, 0.15) is 12.1 Å². The largest absolute Gasteiger partial charge is 0.464 e. The Hall–Kier alpha value is -1.98. The summed E-state index contributed by atoms with van der Waals surface area (Å²) in [5.41, 5.74) is 0.653. The Morgan fingerprint density at radius 2 is 2.36 bits per heavy atom. The molecule has 1 aromatic heterocycles. The topological polar surface area (TPSA) is 81.2 Å². The van der Waals surface area contributed by atoms with Gasteiger partial charge in [-0.05, 0) is 0 Å². The number of carbonyl (C=O) groups is 2. The van der Waals surface area contributed by atoms with Crippen LogP contribution in [0.4, 0.5) is 5.82 Å². The average Bonchev–Trinajstić information content (AvgIpc) is 2.56. The van der Waals surface area contributed by atoms with Gasteiger partial charge < -0.3 is 10.1 Å². The molecule has 0 aromatic carbocycles. The van der Waals surface area contributed by atoms with Gasteiger partial charge in [0.2, 0.25) is 5.91 Å². The molecular formula is C8H7N3O3. The van der Waals surface area contributed by atoms with Crippen LogP contribution in [0, 0.1) is 0 Å². The van der Waals surface area contributed by atoms with Crippen molar-refractivity contribution < 1.29 is 14.3 Å². The number of anilines is 1. The van der Waals surface area contributed by atoms with E-state index >= 15 is 0 Å². The predicted octanol–water partition coefficient (Wildman–Crippen LogP) is -0.242. The molecule has 6 heteroatoms. The van der Waals surface area contributed by atoms with Crippen molar-refractivity contribution in [3.63, 3.8) is 0 Å². The minimum Gasteiger partial charge on any atom is -0.464 e. The van der Waals surface area contributed by atoms with Gasteiger partial charge in [-0.15, -0.1) is 0 Å². The minimum atomic E-state index is -0.555. The van der Waals surface area contributed by atoms with E-state index in [0.29, 0.717) is 11.4 Å². The lowest BCUT2D eigenvalue weighted by Crippen LogP contribution is -2.08. The fraction of sp³-hybridized carbons (Fsp3) is 0.250. The molecule has 1 aromatic rings. The summed E-state index contributed by atoms with van der Waals surface area (Å²) in [6.45, 7) is 0. The van der Waals surface area contributed by atoms with Crippen molar-refractivity contribution in [2.75, 3.05) is 12.4 Å². The fourth-order valence-electron chi connectivity index (χ4n) is 1.30. The van der Waals surface area contributed by atoms with Crippen LogP contribution in [-0.4, -0.2) is 29.0 Å². The van der Waals surface area contributed by atoms with Crippen molar-refractivity contribution in [1.82, 2.24) is 9.97 Å². The predicted molar refractivity (Wildman–Crippen MR) is 45.7 cm³/mol. The van der Waals surface area contributed by atoms with E-state index in [2.05, 4.69) is 20.0 Å². The first-order valence-corrected chi connectivity index (χ1v) is 3.94. The van der Waals surface area contributed by atoms with Crippen molar-refractivity contribution in [3.8, 4) is 0 Å². The molecule has 6 nitrogen and oxygen atoms in total. The highest BCUT2D eigenvalue weighted by Crippen LogP contribution is 2.22. The van der Waals surface area contributed by atoms with E-state index in [-0.39, 0.29) is 18.0 Å². The summed E-state index contributed by atoms with van der Waals surface area (Å²) < 4.78 is 4.53. The monoisotopic (exact) mass is 193 g/mol. The van der Waals surface area contributed by atoms with Crippen molar-refractivity contribution >= 4 is 17.7 Å². The summed E-state index contributed by atoms with van der Waals surface area (Å²) in [6.07, 6.45) is 1.34. The van der Waals surface area contributed by atoms with Gasteiger partial charge in [0.25, 0.3) is 0 Å². The lowest BCUT2D eigenvalue weighted by Gasteiger charge is -2.01. The second-order valence-electron chi connectivity index (χ2n) is 2.77. The average molecular weight is 193 g/mol. The van der Waals surface area contributed by atoms with Crippen LogP contribution in [0.15, 0.2) is 6.33 Å². The number of aromatic nitrogens is 2. The lowest BCUT2D eigenvalue weighted by atomic mass is 10.2. The minimum absolute atomic E-state index is 0.126. The van der Waals surface area contributed by atoms with Crippen LogP contribution in [0.5, 0.6) is 0 Å². The summed E-state index contributed by atoms with van der Waals surface area (Å²) in [7, 11) is 1.26. The first-order valence-electron chi connectivity index (χ1n) is 3.94. The van der Waals surface area contributed by atoms with Crippen LogP contribution in [-0.2, 0) is 16.0 Å². The molecule has 0 atom stereocenters. The van der Waals surface area contributed by atoms with Crippen molar-refractivity contribution in [3.05, 3.63) is 17.6 Å². The summed E-state index contributed by atoms with van der Waals surface area (Å²) in [5, 5.41) is 2.52. The molecule has 0 radical (unpaired) electrons. The van der Waals surface area contributed by atoms with E-state index in [9.17, 15) is 9.59 Å². The Bertz CT molecular complexity index is 416. The summed E-state index contributed by atoms with van der Waals surface area (Å²) in [4.78, 5) is 29.9. The number of ether oxygens (including phenoxy) is 1. The molecule has 0 aliphatic carbocycles. The Morgan fingerprint density at radius 3 is 3.07 bits per heavy atom. The summed E-state index contributed by atoms with van der Waals surface area (Å²) in [6, 6.07) is 0. The SMILES string of the molecule is COC(=O)c1ncnc2c1CC(=O)N2. The molecule has 1 N–H and O–H groups in total. The fourth-order valence-corrected chi connectivity index (χ4v) is 1.30. The molecular weight excluding hydrogens is 186 g/mol. The van der Waals surface area contributed by atoms with Crippen LogP contribution in [0.1, 0.15) is 16.1 Å². The maximum absolute atomic E-state index is 11.2. The number of nitrogens with one attached hydrogen (secondary N) is 1. The number of rotatable bonds is 1. The second-order valence-corrected chi connectivity index (χ2v) is 2.77. The highest BCUT2D eigenvalue weighted by atomic mass is 16.5. The van der Waals surface area contributed by atoms with E-state index in [1.807, 2.05) is 0 Å². The van der Waals surface area contributed by atoms with Gasteiger partial charge in [0, 0.05) is 5.56 Å². The molecule has 0 saturated heterocycles. The van der Waals surface area contributed by atoms with Crippen LogP contribution in [0.25, 0.3) is 0 Å². The van der Waals surface area contributed by atoms with Gasteiger partial charge in [-0.2, -0.15) is 0 Å². The smallest absolute Gasteiger partial charge is 0.357 e. The van der Waals surface area contributed by atoms with Gasteiger partial charge in [-0.1, -0.05) is 0 Å². The molecule has 0 fully saturated rings. The Labute approximate surface area is 79.3 Å². The lowest BCUT2D eigenvalue weighted by molar-refractivity contribution is -0.115. The highest BCUT2D eigenvalue weighted by molar-refractivity contribution is 6.02. The Kier molecular flexibility index (Phi) is 1.88. The number of methoxy groups -OCH3 is 1. The van der Waals surface area contributed by atoms with Crippen LogP contribution in [0.3, 0.4) is 0 Å². The second kappa shape index (κ2) is 3.06. The van der Waals surface area contributed by atoms with Gasteiger partial charge in [-0.25, -0.2) is 14.8 Å². The molecule has 14 heavy (non-hydrogen) atoms. The van der Waals surface area contributed by atoms with E-state index in [1.165, 1.54) is 13.4 Å². The number of amides is 1. The molecule has 1 aliphatic heterocycles. The molecule has 1 aliphatic rings. The molecule has 0 bridgehead atoms. The number of fused-ring (bicyclic) bond motifs is 1. The van der Waals surface area contributed by atoms with Gasteiger partial charge in [0.05, 0.1) is 13.5 Å². The molecule has 0 spiro atoms. The molecule has 72 valence electrons. The third-order valence-electron chi connectivity index (χ3n) is 1.92. The van der Waals surface area contributed by atoms with Crippen molar-refractivity contribution in [1.29, 1.82) is 0 Å². The highest BCUT2D eigenvalue weighted by Gasteiger charge is 2.26. The first-order chi connectivity index (χ1) is 6.72. The maximum Gasteiger partial charge on any atom is 0.357 e. The Morgan fingerprint density at radius 1 is 1.57 bits per heavy atom. The third kappa shape index (κ3) is 1.20. The number of hydrogen-bond acceptors (Lipinski definition) is 5. The van der Waals surface area contributed by atoms with Crippen molar-refractivity contribution in [2.24, 2.45) is 0 Å². The number of nitrogens with zero attached hydrogens (tertiary/aromatic N) is 2. The maximum atomic E-state index is 11.2. The zero-order valence-electron chi connectivity index (χ0n) is 7.40. The summed E-state index contributed by atoms with van der Waals surface area (Å²) >= 11 is 0. The van der Waals surface area contributed by atoms with Gasteiger partial charge >= 0.3 is 5.97 Å². The number of hydrogen-bond donors (Lipinski definition) is 1.